The van der Waals surface area contributed by atoms with Crippen LogP contribution in [-0.4, -0.2) is 45.9 Å². The molecule has 0 spiro atoms. The molecular formula is C13H20N2O4S. The van der Waals surface area contributed by atoms with Crippen molar-refractivity contribution in [1.82, 2.24) is 4.72 Å². The van der Waals surface area contributed by atoms with Crippen LogP contribution in [0.5, 0.6) is 0 Å². The molecule has 0 aromatic heterocycles. The molecule has 7 heteroatoms. The number of aliphatic hydroxyl groups excluding tert-OH is 1. The molecule has 0 radical (unpaired) electrons. The van der Waals surface area contributed by atoms with E-state index in [0.29, 0.717) is 6.54 Å². The molecule has 20 heavy (non-hydrogen) atoms. The fraction of sp³-hybridized carbons (Fsp3) is 0.538. The van der Waals surface area contributed by atoms with Gasteiger partial charge in [-0.15, -0.1) is 0 Å². The fourth-order valence-corrected chi connectivity index (χ4v) is 3.03. The predicted octanol–water partition coefficient (Wildman–Crippen LogP) is 0.546. The van der Waals surface area contributed by atoms with E-state index in [1.54, 1.807) is 24.3 Å². The van der Waals surface area contributed by atoms with Crippen molar-refractivity contribution >= 4 is 15.7 Å². The molecule has 1 fully saturated rings. The number of methoxy groups -OCH3 is 1. The third-order valence-electron chi connectivity index (χ3n) is 2.96. The van der Waals surface area contributed by atoms with Crippen LogP contribution in [0, 0.1) is 0 Å². The minimum atomic E-state index is -3.40. The highest BCUT2D eigenvalue weighted by molar-refractivity contribution is 7.89. The lowest BCUT2D eigenvalue weighted by Gasteiger charge is -2.12. The smallest absolute Gasteiger partial charge is 0.240 e. The Morgan fingerprint density at radius 1 is 1.35 bits per heavy atom. The van der Waals surface area contributed by atoms with Gasteiger partial charge in [-0.3, -0.25) is 0 Å². The van der Waals surface area contributed by atoms with E-state index in [4.69, 9.17) is 4.74 Å². The Balaban J connectivity index is 1.92. The lowest BCUT2D eigenvalue weighted by molar-refractivity contribution is 0.0727. The SMILES string of the molecule is COCC(O)CNc1ccc(S(=O)(=O)NC2CC2)cc1. The molecule has 112 valence electrons. The van der Waals surface area contributed by atoms with Crippen LogP contribution in [0.25, 0.3) is 0 Å². The summed E-state index contributed by atoms with van der Waals surface area (Å²) in [5.74, 6) is 0. The summed E-state index contributed by atoms with van der Waals surface area (Å²) in [4.78, 5) is 0.257. The van der Waals surface area contributed by atoms with E-state index in [2.05, 4.69) is 10.0 Å². The van der Waals surface area contributed by atoms with Crippen molar-refractivity contribution in [3.63, 3.8) is 0 Å². The number of hydrogen-bond acceptors (Lipinski definition) is 5. The topological polar surface area (TPSA) is 87.7 Å². The maximum absolute atomic E-state index is 12.0. The first-order valence-electron chi connectivity index (χ1n) is 6.54. The number of hydrogen-bond donors (Lipinski definition) is 3. The van der Waals surface area contributed by atoms with E-state index < -0.39 is 16.1 Å². The summed E-state index contributed by atoms with van der Waals surface area (Å²) in [6, 6.07) is 6.56. The van der Waals surface area contributed by atoms with E-state index in [9.17, 15) is 13.5 Å². The maximum atomic E-state index is 12.0. The second kappa shape index (κ2) is 6.53. The third kappa shape index (κ3) is 4.45. The Hall–Kier alpha value is -1.15. The van der Waals surface area contributed by atoms with Crippen LogP contribution < -0.4 is 10.0 Å². The van der Waals surface area contributed by atoms with Gasteiger partial charge in [-0.2, -0.15) is 0 Å². The fourth-order valence-electron chi connectivity index (χ4n) is 1.73. The van der Waals surface area contributed by atoms with Crippen molar-refractivity contribution in [2.24, 2.45) is 0 Å². The standard InChI is InChI=1S/C13H20N2O4S/c1-19-9-12(16)8-14-10-4-6-13(7-5-10)20(17,18)15-11-2-3-11/h4-7,11-12,14-16H,2-3,8-9H2,1H3. The average molecular weight is 300 g/mol. The molecule has 3 N–H and O–H groups in total. The monoisotopic (exact) mass is 300 g/mol. The Labute approximate surface area is 119 Å². The van der Waals surface area contributed by atoms with E-state index in [0.717, 1.165) is 18.5 Å². The van der Waals surface area contributed by atoms with Crippen LogP contribution in [0.15, 0.2) is 29.2 Å². The van der Waals surface area contributed by atoms with Gasteiger partial charge in [0.05, 0.1) is 17.6 Å². The number of ether oxygens (including phenoxy) is 1. The number of sulfonamides is 1. The molecule has 1 atom stereocenters. The molecule has 2 rings (SSSR count). The molecule has 1 aromatic carbocycles. The zero-order chi connectivity index (χ0) is 14.6. The highest BCUT2D eigenvalue weighted by atomic mass is 32.2. The summed E-state index contributed by atoms with van der Waals surface area (Å²) in [6.07, 6.45) is 1.23. The molecule has 0 saturated heterocycles. The van der Waals surface area contributed by atoms with Crippen molar-refractivity contribution < 1.29 is 18.3 Å². The van der Waals surface area contributed by atoms with Crippen molar-refractivity contribution in [1.29, 1.82) is 0 Å². The second-order valence-corrected chi connectivity index (χ2v) is 6.62. The summed E-state index contributed by atoms with van der Waals surface area (Å²) in [5, 5.41) is 12.5. The van der Waals surface area contributed by atoms with Gasteiger partial charge in [-0.05, 0) is 37.1 Å². The van der Waals surface area contributed by atoms with Crippen LogP contribution in [0.1, 0.15) is 12.8 Å². The van der Waals surface area contributed by atoms with Gasteiger partial charge < -0.3 is 15.2 Å². The van der Waals surface area contributed by atoms with E-state index in [-0.39, 0.29) is 17.5 Å². The summed E-state index contributed by atoms with van der Waals surface area (Å²) < 4.78 is 31.4. The highest BCUT2D eigenvalue weighted by Crippen LogP contribution is 2.22. The Kier molecular flexibility index (Phi) is 4.98. The van der Waals surface area contributed by atoms with Crippen LogP contribution in [0.3, 0.4) is 0 Å². The summed E-state index contributed by atoms with van der Waals surface area (Å²) in [5.41, 5.74) is 0.755. The Morgan fingerprint density at radius 2 is 2.00 bits per heavy atom. The van der Waals surface area contributed by atoms with Crippen LogP contribution in [0.4, 0.5) is 5.69 Å². The van der Waals surface area contributed by atoms with Crippen molar-refractivity contribution in [3.8, 4) is 0 Å². The Bertz CT molecular complexity index is 526. The van der Waals surface area contributed by atoms with Crippen molar-refractivity contribution in [3.05, 3.63) is 24.3 Å². The molecule has 1 aromatic rings. The molecule has 0 aliphatic heterocycles. The molecule has 0 bridgehead atoms. The van der Waals surface area contributed by atoms with Gasteiger partial charge >= 0.3 is 0 Å². The van der Waals surface area contributed by atoms with E-state index >= 15 is 0 Å². The van der Waals surface area contributed by atoms with Gasteiger partial charge in [-0.25, -0.2) is 13.1 Å². The first-order chi connectivity index (χ1) is 9.51. The number of nitrogens with one attached hydrogen (secondary N) is 2. The molecule has 1 aliphatic rings. The minimum absolute atomic E-state index is 0.0991. The van der Waals surface area contributed by atoms with Gasteiger partial charge in [0, 0.05) is 25.4 Å². The first-order valence-corrected chi connectivity index (χ1v) is 8.03. The average Bonchev–Trinajstić information content (AvgIpc) is 3.20. The molecule has 1 saturated carbocycles. The van der Waals surface area contributed by atoms with Gasteiger partial charge in [0.2, 0.25) is 10.0 Å². The number of rotatable bonds is 8. The van der Waals surface area contributed by atoms with Crippen molar-refractivity contribution in [2.45, 2.75) is 29.9 Å². The predicted molar refractivity (Wildman–Crippen MR) is 76.2 cm³/mol. The van der Waals surface area contributed by atoms with Crippen LogP contribution >= 0.6 is 0 Å². The molecular weight excluding hydrogens is 280 g/mol. The molecule has 0 heterocycles. The molecule has 1 unspecified atom stereocenters. The summed E-state index contributed by atoms with van der Waals surface area (Å²) in [6.45, 7) is 0.602. The van der Waals surface area contributed by atoms with Gasteiger partial charge in [0.1, 0.15) is 0 Å². The van der Waals surface area contributed by atoms with E-state index in [1.165, 1.54) is 7.11 Å². The normalized spacial score (nSPS) is 16.9. The molecule has 1 aliphatic carbocycles. The maximum Gasteiger partial charge on any atom is 0.240 e. The highest BCUT2D eigenvalue weighted by Gasteiger charge is 2.27. The molecule has 0 amide bonds. The minimum Gasteiger partial charge on any atom is -0.389 e. The summed E-state index contributed by atoms with van der Waals surface area (Å²) >= 11 is 0. The zero-order valence-electron chi connectivity index (χ0n) is 11.4. The first kappa shape index (κ1) is 15.2. The van der Waals surface area contributed by atoms with Crippen LogP contribution in [-0.2, 0) is 14.8 Å². The van der Waals surface area contributed by atoms with E-state index in [1.807, 2.05) is 0 Å². The lowest BCUT2D eigenvalue weighted by atomic mass is 10.3. The number of aliphatic hydroxyl groups is 1. The Morgan fingerprint density at radius 3 is 2.55 bits per heavy atom. The van der Waals surface area contributed by atoms with Gasteiger partial charge in [-0.1, -0.05) is 0 Å². The number of benzene rings is 1. The molecule has 6 nitrogen and oxygen atoms in total. The number of anilines is 1. The van der Waals surface area contributed by atoms with Gasteiger partial charge in [0.25, 0.3) is 0 Å². The third-order valence-corrected chi connectivity index (χ3v) is 4.50. The summed E-state index contributed by atoms with van der Waals surface area (Å²) in [7, 11) is -1.88. The quantitative estimate of drug-likeness (QED) is 0.652. The van der Waals surface area contributed by atoms with Crippen molar-refractivity contribution in [2.75, 3.05) is 25.6 Å². The lowest BCUT2D eigenvalue weighted by Crippen LogP contribution is -2.26. The largest absolute Gasteiger partial charge is 0.389 e. The second-order valence-electron chi connectivity index (χ2n) is 4.91. The van der Waals surface area contributed by atoms with Crippen LogP contribution in [0.2, 0.25) is 0 Å². The van der Waals surface area contributed by atoms with Gasteiger partial charge in [0.15, 0.2) is 0 Å². The zero-order valence-corrected chi connectivity index (χ0v) is 12.2.